The third kappa shape index (κ3) is 4.13. The topological polar surface area (TPSA) is 49.0 Å². The monoisotopic (exact) mass is 274 g/mol. The molecule has 0 fully saturated rings. The summed E-state index contributed by atoms with van der Waals surface area (Å²) >= 11 is 5.95. The van der Waals surface area contributed by atoms with Crippen molar-refractivity contribution < 1.29 is 4.42 Å². The first-order chi connectivity index (χ1) is 9.17. The van der Waals surface area contributed by atoms with Crippen molar-refractivity contribution in [2.45, 2.75) is 25.9 Å². The molecule has 1 N–H and O–H groups in total. The predicted molar refractivity (Wildman–Crippen MR) is 74.9 cm³/mol. The van der Waals surface area contributed by atoms with E-state index in [1.807, 2.05) is 30.3 Å². The van der Waals surface area contributed by atoms with E-state index in [0.29, 0.717) is 18.3 Å². The van der Waals surface area contributed by atoms with Crippen molar-refractivity contribution in [3.8, 4) is 6.07 Å². The lowest BCUT2D eigenvalue weighted by atomic mass is 10.1. The van der Waals surface area contributed by atoms with Crippen LogP contribution in [0.5, 0.6) is 0 Å². The summed E-state index contributed by atoms with van der Waals surface area (Å²) in [6.45, 7) is 2.72. The van der Waals surface area contributed by atoms with E-state index >= 15 is 0 Å². The number of halogens is 1. The average molecular weight is 275 g/mol. The maximum absolute atomic E-state index is 8.67. The molecule has 1 aromatic carbocycles. The highest BCUT2D eigenvalue weighted by molar-refractivity contribution is 6.30. The Kier molecular flexibility index (Phi) is 4.62. The average Bonchev–Trinajstić information content (AvgIpc) is 2.84. The first-order valence-electron chi connectivity index (χ1n) is 6.14. The highest BCUT2D eigenvalue weighted by Crippen LogP contribution is 2.12. The molecule has 0 aliphatic heterocycles. The second-order valence-electron chi connectivity index (χ2n) is 4.49. The fourth-order valence-corrected chi connectivity index (χ4v) is 2.11. The summed E-state index contributed by atoms with van der Waals surface area (Å²) in [7, 11) is 0. The molecule has 2 aromatic rings. The van der Waals surface area contributed by atoms with Gasteiger partial charge in [-0.25, -0.2) is 0 Å². The molecule has 2 rings (SSSR count). The lowest BCUT2D eigenvalue weighted by Crippen LogP contribution is -2.27. The zero-order chi connectivity index (χ0) is 13.7. The summed E-state index contributed by atoms with van der Waals surface area (Å²) in [5, 5.41) is 12.8. The SMILES string of the molecule is CC(Cc1cccc(Cl)c1)NCc1ccc(C#N)o1. The predicted octanol–water partition coefficient (Wildman–Crippen LogP) is 3.53. The molecular formula is C15H15ClN2O. The molecule has 1 atom stereocenters. The minimum Gasteiger partial charge on any atom is -0.449 e. The van der Waals surface area contributed by atoms with Gasteiger partial charge in [0.15, 0.2) is 0 Å². The van der Waals surface area contributed by atoms with Crippen molar-refractivity contribution in [3.05, 3.63) is 58.5 Å². The molecule has 1 heterocycles. The van der Waals surface area contributed by atoms with Crippen molar-refractivity contribution in [1.82, 2.24) is 5.32 Å². The molecule has 1 unspecified atom stereocenters. The number of hydrogen-bond acceptors (Lipinski definition) is 3. The van der Waals surface area contributed by atoms with Crippen molar-refractivity contribution in [1.29, 1.82) is 5.26 Å². The van der Waals surface area contributed by atoms with Gasteiger partial charge in [0.05, 0.1) is 6.54 Å². The van der Waals surface area contributed by atoms with Gasteiger partial charge in [0.1, 0.15) is 11.8 Å². The van der Waals surface area contributed by atoms with E-state index < -0.39 is 0 Å². The quantitative estimate of drug-likeness (QED) is 0.907. The van der Waals surface area contributed by atoms with Crippen molar-refractivity contribution in [2.24, 2.45) is 0 Å². The molecule has 3 nitrogen and oxygen atoms in total. The van der Waals surface area contributed by atoms with E-state index in [0.717, 1.165) is 17.2 Å². The minimum atomic E-state index is 0.300. The number of nitrogens with one attached hydrogen (secondary N) is 1. The van der Waals surface area contributed by atoms with Gasteiger partial charge in [0, 0.05) is 11.1 Å². The van der Waals surface area contributed by atoms with Crippen LogP contribution in [0.25, 0.3) is 0 Å². The van der Waals surface area contributed by atoms with Crippen molar-refractivity contribution in [2.75, 3.05) is 0 Å². The van der Waals surface area contributed by atoms with Gasteiger partial charge in [-0.05, 0) is 43.2 Å². The van der Waals surface area contributed by atoms with Crippen LogP contribution in [0.2, 0.25) is 5.02 Å². The summed E-state index contributed by atoms with van der Waals surface area (Å²) in [4.78, 5) is 0. The molecule has 98 valence electrons. The van der Waals surface area contributed by atoms with Crippen LogP contribution >= 0.6 is 11.6 Å². The Bertz CT molecular complexity index is 586. The Morgan fingerprint density at radius 2 is 2.21 bits per heavy atom. The van der Waals surface area contributed by atoms with Gasteiger partial charge in [-0.3, -0.25) is 0 Å². The van der Waals surface area contributed by atoms with Crippen LogP contribution in [0, 0.1) is 11.3 Å². The van der Waals surface area contributed by atoms with E-state index in [9.17, 15) is 0 Å². The summed E-state index contributed by atoms with van der Waals surface area (Å²) in [5.41, 5.74) is 1.20. The largest absolute Gasteiger partial charge is 0.449 e. The highest BCUT2D eigenvalue weighted by Gasteiger charge is 2.06. The molecule has 0 aliphatic rings. The normalized spacial score (nSPS) is 12.1. The zero-order valence-corrected chi connectivity index (χ0v) is 11.4. The molecular weight excluding hydrogens is 260 g/mol. The first-order valence-corrected chi connectivity index (χ1v) is 6.52. The van der Waals surface area contributed by atoms with Gasteiger partial charge >= 0.3 is 0 Å². The van der Waals surface area contributed by atoms with Crippen LogP contribution in [0.3, 0.4) is 0 Å². The minimum absolute atomic E-state index is 0.300. The Morgan fingerprint density at radius 3 is 2.89 bits per heavy atom. The van der Waals surface area contributed by atoms with Gasteiger partial charge in [0.25, 0.3) is 0 Å². The van der Waals surface area contributed by atoms with Gasteiger partial charge < -0.3 is 9.73 Å². The smallest absolute Gasteiger partial charge is 0.203 e. The number of nitrogens with zero attached hydrogens (tertiary/aromatic N) is 1. The van der Waals surface area contributed by atoms with Gasteiger partial charge in [-0.15, -0.1) is 0 Å². The summed E-state index contributed by atoms with van der Waals surface area (Å²) in [5.74, 6) is 1.12. The number of hydrogen-bond donors (Lipinski definition) is 1. The molecule has 0 radical (unpaired) electrons. The lowest BCUT2D eigenvalue weighted by Gasteiger charge is -2.13. The molecule has 0 saturated carbocycles. The summed E-state index contributed by atoms with van der Waals surface area (Å²) in [6, 6.07) is 13.6. The molecule has 0 spiro atoms. The molecule has 0 aliphatic carbocycles. The number of nitriles is 1. The number of rotatable bonds is 5. The third-order valence-corrected chi connectivity index (χ3v) is 3.06. The van der Waals surface area contributed by atoms with Gasteiger partial charge in [-0.2, -0.15) is 5.26 Å². The standard InChI is InChI=1S/C15H15ClN2O/c1-11(7-12-3-2-4-13(16)8-12)18-10-15-6-5-14(9-17)19-15/h2-6,8,11,18H,7,10H2,1H3. The fourth-order valence-electron chi connectivity index (χ4n) is 1.90. The Balaban J connectivity index is 1.84. The maximum atomic E-state index is 8.67. The van der Waals surface area contributed by atoms with Crippen LogP contribution in [0.4, 0.5) is 0 Å². The summed E-state index contributed by atoms with van der Waals surface area (Å²) in [6.07, 6.45) is 0.895. The van der Waals surface area contributed by atoms with Crippen LogP contribution in [-0.4, -0.2) is 6.04 Å². The molecule has 1 aromatic heterocycles. The Hall–Kier alpha value is -1.76. The van der Waals surface area contributed by atoms with Gasteiger partial charge in [-0.1, -0.05) is 23.7 Å². The third-order valence-electron chi connectivity index (χ3n) is 2.83. The first kappa shape index (κ1) is 13.7. The van der Waals surface area contributed by atoms with E-state index in [4.69, 9.17) is 21.3 Å². The molecule has 0 amide bonds. The molecule has 0 saturated heterocycles. The number of benzene rings is 1. The Morgan fingerprint density at radius 1 is 1.37 bits per heavy atom. The van der Waals surface area contributed by atoms with E-state index in [-0.39, 0.29) is 0 Å². The van der Waals surface area contributed by atoms with Crippen LogP contribution in [-0.2, 0) is 13.0 Å². The van der Waals surface area contributed by atoms with Gasteiger partial charge in [0.2, 0.25) is 5.76 Å². The molecule has 19 heavy (non-hydrogen) atoms. The summed E-state index contributed by atoms with van der Waals surface area (Å²) < 4.78 is 5.31. The van der Waals surface area contributed by atoms with Crippen LogP contribution in [0.15, 0.2) is 40.8 Å². The second-order valence-corrected chi connectivity index (χ2v) is 4.93. The molecule has 0 bridgehead atoms. The van der Waals surface area contributed by atoms with E-state index in [1.54, 1.807) is 6.07 Å². The van der Waals surface area contributed by atoms with Crippen molar-refractivity contribution >= 4 is 11.6 Å². The maximum Gasteiger partial charge on any atom is 0.203 e. The van der Waals surface area contributed by atoms with E-state index in [1.165, 1.54) is 5.56 Å². The zero-order valence-electron chi connectivity index (χ0n) is 10.7. The fraction of sp³-hybridized carbons (Fsp3) is 0.267. The molecule has 4 heteroatoms. The van der Waals surface area contributed by atoms with Crippen LogP contribution in [0.1, 0.15) is 24.0 Å². The lowest BCUT2D eigenvalue weighted by molar-refractivity contribution is 0.447. The highest BCUT2D eigenvalue weighted by atomic mass is 35.5. The number of furan rings is 1. The van der Waals surface area contributed by atoms with Crippen LogP contribution < -0.4 is 5.32 Å². The second kappa shape index (κ2) is 6.42. The van der Waals surface area contributed by atoms with Crippen molar-refractivity contribution in [3.63, 3.8) is 0 Å². The van der Waals surface area contributed by atoms with E-state index in [2.05, 4.69) is 18.3 Å². The Labute approximate surface area is 117 Å².